The van der Waals surface area contributed by atoms with E-state index in [2.05, 4.69) is 114 Å². The van der Waals surface area contributed by atoms with Gasteiger partial charge in [-0.1, -0.05) is 127 Å². The van der Waals surface area contributed by atoms with Gasteiger partial charge in [0.05, 0.1) is 0 Å². The normalized spacial score (nSPS) is 39.2. The zero-order chi connectivity index (χ0) is 28.6. The smallest absolute Gasteiger partial charge is 0.147 e. The summed E-state index contributed by atoms with van der Waals surface area (Å²) >= 11 is 0. The molecule has 0 spiro atoms. The Kier molecular flexibility index (Phi) is 6.09. The molecule has 40 heavy (non-hydrogen) atoms. The molecular formula is C38H46O2. The first-order chi connectivity index (χ1) is 18.9. The summed E-state index contributed by atoms with van der Waals surface area (Å²) in [4.78, 5) is 30.4. The van der Waals surface area contributed by atoms with Crippen LogP contribution in [-0.2, 0) is 9.59 Å². The van der Waals surface area contributed by atoms with Crippen LogP contribution in [0.2, 0.25) is 0 Å². The van der Waals surface area contributed by atoms with Crippen LogP contribution >= 0.6 is 0 Å². The van der Waals surface area contributed by atoms with Crippen molar-refractivity contribution in [3.63, 3.8) is 0 Å². The molecule has 4 aliphatic rings. The SMILES string of the molecule is CC1(C)[C@@H]2CC[C@@]1(C)C(=O)[C@@]2(C/C=C\c1ccccc1)[C@@]1(C/C=C\c2ccccc2)C(=O)[C@@]2(C)CC[C@H]1C2(C)C. The zero-order valence-electron chi connectivity index (χ0n) is 25.3. The van der Waals surface area contributed by atoms with Crippen LogP contribution in [-0.4, -0.2) is 11.6 Å². The molecule has 4 aliphatic carbocycles. The molecule has 4 saturated carbocycles. The second-order valence-electron chi connectivity index (χ2n) is 14.9. The predicted octanol–water partition coefficient (Wildman–Crippen LogP) is 9.22. The van der Waals surface area contributed by atoms with Crippen molar-refractivity contribution in [2.75, 3.05) is 0 Å². The number of hydrogen-bond acceptors (Lipinski definition) is 2. The van der Waals surface area contributed by atoms with Gasteiger partial charge in [0, 0.05) is 21.7 Å². The molecule has 2 aromatic carbocycles. The van der Waals surface area contributed by atoms with Gasteiger partial charge in [-0.3, -0.25) is 9.59 Å². The fraction of sp³-hybridized carbons (Fsp3) is 0.526. The Morgan fingerprint density at radius 3 is 1.25 bits per heavy atom. The van der Waals surface area contributed by atoms with Gasteiger partial charge >= 0.3 is 0 Å². The fourth-order valence-corrected chi connectivity index (χ4v) is 10.6. The summed E-state index contributed by atoms with van der Waals surface area (Å²) in [7, 11) is 0. The lowest BCUT2D eigenvalue weighted by atomic mass is 9.45. The van der Waals surface area contributed by atoms with E-state index in [1.54, 1.807) is 0 Å². The van der Waals surface area contributed by atoms with Gasteiger partial charge in [-0.2, -0.15) is 0 Å². The van der Waals surface area contributed by atoms with Gasteiger partial charge in [0.2, 0.25) is 0 Å². The van der Waals surface area contributed by atoms with Crippen molar-refractivity contribution in [3.05, 3.63) is 83.9 Å². The number of fused-ring (bicyclic) bond motifs is 4. The number of carbonyl (C=O) groups excluding carboxylic acids is 2. The molecule has 0 radical (unpaired) electrons. The minimum atomic E-state index is -0.701. The molecule has 0 aliphatic heterocycles. The van der Waals surface area contributed by atoms with E-state index in [0.29, 0.717) is 24.4 Å². The maximum Gasteiger partial charge on any atom is 0.147 e. The molecule has 4 fully saturated rings. The van der Waals surface area contributed by atoms with Crippen molar-refractivity contribution in [1.82, 2.24) is 0 Å². The Balaban J connectivity index is 1.56. The Bertz CT molecular complexity index is 1270. The molecule has 210 valence electrons. The van der Waals surface area contributed by atoms with Crippen LogP contribution in [0.4, 0.5) is 0 Å². The van der Waals surface area contributed by atoms with Crippen molar-refractivity contribution < 1.29 is 9.59 Å². The highest BCUT2D eigenvalue weighted by Crippen LogP contribution is 2.83. The Hall–Kier alpha value is -2.74. The summed E-state index contributed by atoms with van der Waals surface area (Å²) in [5, 5.41) is 0. The van der Waals surface area contributed by atoms with E-state index in [1.807, 2.05) is 12.1 Å². The average molecular weight is 535 g/mol. The largest absolute Gasteiger partial charge is 0.298 e. The minimum Gasteiger partial charge on any atom is -0.298 e. The fourth-order valence-electron chi connectivity index (χ4n) is 10.6. The Morgan fingerprint density at radius 2 is 0.950 bits per heavy atom. The number of rotatable bonds is 7. The molecule has 2 aromatic rings. The van der Waals surface area contributed by atoms with E-state index in [1.165, 1.54) is 0 Å². The van der Waals surface area contributed by atoms with Crippen LogP contribution in [0.25, 0.3) is 12.2 Å². The van der Waals surface area contributed by atoms with Gasteiger partial charge < -0.3 is 0 Å². The van der Waals surface area contributed by atoms with Crippen LogP contribution in [0.15, 0.2) is 72.8 Å². The Morgan fingerprint density at radius 1 is 0.600 bits per heavy atom. The summed E-state index contributed by atoms with van der Waals surface area (Å²) in [6.45, 7) is 13.7. The summed E-state index contributed by atoms with van der Waals surface area (Å²) in [6, 6.07) is 20.7. The summed E-state index contributed by atoms with van der Waals surface area (Å²) in [5.74, 6) is 1.11. The first-order valence-corrected chi connectivity index (χ1v) is 15.4. The topological polar surface area (TPSA) is 34.1 Å². The van der Waals surface area contributed by atoms with Crippen LogP contribution in [0, 0.1) is 44.3 Å². The lowest BCUT2D eigenvalue weighted by Crippen LogP contribution is -2.59. The molecule has 0 heterocycles. The molecule has 6 rings (SSSR count). The van der Waals surface area contributed by atoms with Gasteiger partial charge in [-0.15, -0.1) is 0 Å². The lowest BCUT2D eigenvalue weighted by Gasteiger charge is -2.55. The van der Waals surface area contributed by atoms with Crippen LogP contribution in [0.5, 0.6) is 0 Å². The van der Waals surface area contributed by atoms with Crippen molar-refractivity contribution in [3.8, 4) is 0 Å². The zero-order valence-corrected chi connectivity index (χ0v) is 25.3. The van der Waals surface area contributed by atoms with Crippen molar-refractivity contribution in [2.45, 2.75) is 80.1 Å². The highest BCUT2D eigenvalue weighted by molar-refractivity contribution is 6.05. The first-order valence-electron chi connectivity index (χ1n) is 15.4. The van der Waals surface area contributed by atoms with Crippen molar-refractivity contribution >= 4 is 23.7 Å². The van der Waals surface area contributed by atoms with Crippen LogP contribution in [0.1, 0.15) is 91.2 Å². The molecule has 2 nitrogen and oxygen atoms in total. The van der Waals surface area contributed by atoms with Crippen LogP contribution < -0.4 is 0 Å². The number of carbonyl (C=O) groups is 2. The van der Waals surface area contributed by atoms with Gasteiger partial charge in [-0.05, 0) is 72.3 Å². The highest BCUT2D eigenvalue weighted by atomic mass is 16.1. The predicted molar refractivity (Wildman–Crippen MR) is 164 cm³/mol. The third-order valence-electron chi connectivity index (χ3n) is 13.4. The van der Waals surface area contributed by atoms with Gasteiger partial charge in [0.25, 0.3) is 0 Å². The molecular weight excluding hydrogens is 488 g/mol. The lowest BCUT2D eigenvalue weighted by molar-refractivity contribution is -0.163. The number of benzene rings is 2. The molecule has 0 N–H and O–H groups in total. The Labute approximate surface area is 241 Å². The highest BCUT2D eigenvalue weighted by Gasteiger charge is 2.85. The second-order valence-corrected chi connectivity index (χ2v) is 14.9. The molecule has 4 bridgehead atoms. The monoisotopic (exact) mass is 534 g/mol. The van der Waals surface area contributed by atoms with Crippen molar-refractivity contribution in [1.29, 1.82) is 0 Å². The summed E-state index contributed by atoms with van der Waals surface area (Å²) < 4.78 is 0. The average Bonchev–Trinajstić information content (AvgIpc) is 3.42. The quantitative estimate of drug-likeness (QED) is 0.355. The minimum absolute atomic E-state index is 0.145. The molecule has 2 heteroatoms. The number of hydrogen-bond donors (Lipinski definition) is 0. The number of ketones is 2. The second kappa shape index (κ2) is 8.88. The van der Waals surface area contributed by atoms with E-state index in [9.17, 15) is 0 Å². The molecule has 0 aromatic heterocycles. The molecule has 0 saturated heterocycles. The third kappa shape index (κ3) is 3.17. The number of Topliss-reactive ketones (excluding diaryl/α,β-unsaturated/α-hetero) is 2. The van der Waals surface area contributed by atoms with E-state index in [0.717, 1.165) is 36.8 Å². The van der Waals surface area contributed by atoms with E-state index >= 15 is 9.59 Å². The third-order valence-corrected chi connectivity index (χ3v) is 13.4. The maximum atomic E-state index is 15.2. The molecule has 6 atom stereocenters. The van der Waals surface area contributed by atoms with E-state index in [-0.39, 0.29) is 22.7 Å². The van der Waals surface area contributed by atoms with Crippen molar-refractivity contribution in [2.24, 2.45) is 44.3 Å². The first kappa shape index (κ1) is 27.4. The summed E-state index contributed by atoms with van der Waals surface area (Å²) in [5.41, 5.74) is -0.211. The standard InChI is InChI=1S/C38H46O2/c1-33(2)29-21-25-35(33,5)31(39)37(29,23-13-19-27-15-9-7-10-16-27)38(24-14-20-28-17-11-8-12-18-28)30-22-26-36(6,32(38)40)34(30,3)4/h7-20,29-30H,21-26H2,1-6H3/b19-13-,20-14-/t29-,30-,35-,36+,37-,38+/m0/s1. The van der Waals surface area contributed by atoms with Crippen LogP contribution in [0.3, 0.4) is 0 Å². The van der Waals surface area contributed by atoms with E-state index in [4.69, 9.17) is 0 Å². The molecule has 0 amide bonds. The van der Waals surface area contributed by atoms with E-state index < -0.39 is 21.7 Å². The van der Waals surface area contributed by atoms with Gasteiger partial charge in [0.15, 0.2) is 0 Å². The van der Waals surface area contributed by atoms with Gasteiger partial charge in [-0.25, -0.2) is 0 Å². The summed E-state index contributed by atoms with van der Waals surface area (Å²) in [6.07, 6.45) is 14.0. The maximum absolute atomic E-state index is 15.2. The molecule has 0 unspecified atom stereocenters. The van der Waals surface area contributed by atoms with Gasteiger partial charge in [0.1, 0.15) is 11.6 Å². The number of allylic oxidation sites excluding steroid dienone is 2.